The molecule has 0 saturated carbocycles. The summed E-state index contributed by atoms with van der Waals surface area (Å²) >= 11 is 1.58. The number of aromatic nitrogens is 3. The van der Waals surface area contributed by atoms with Gasteiger partial charge >= 0.3 is 0 Å². The van der Waals surface area contributed by atoms with Gasteiger partial charge in [-0.25, -0.2) is 15.0 Å². The second kappa shape index (κ2) is 9.55. The molecule has 10 nitrogen and oxygen atoms in total. The number of anilines is 2. The highest BCUT2D eigenvalue weighted by Gasteiger charge is 2.18. The van der Waals surface area contributed by atoms with Gasteiger partial charge in [-0.05, 0) is 51.3 Å². The number of pyridine rings is 2. The van der Waals surface area contributed by atoms with Crippen LogP contribution in [0.2, 0.25) is 0 Å². The van der Waals surface area contributed by atoms with Crippen LogP contribution in [0, 0.1) is 5.41 Å². The van der Waals surface area contributed by atoms with Gasteiger partial charge < -0.3 is 10.2 Å². The van der Waals surface area contributed by atoms with Crippen LogP contribution in [-0.2, 0) is 0 Å². The van der Waals surface area contributed by atoms with Crippen LogP contribution >= 0.6 is 11.3 Å². The Morgan fingerprint density at radius 3 is 2.75 bits per heavy atom. The van der Waals surface area contributed by atoms with Crippen molar-refractivity contribution in [2.45, 2.75) is 39.2 Å². The number of hydrogen-bond acceptors (Lipinski definition) is 9. The largest absolute Gasteiger partial charge is 0.348 e. The summed E-state index contributed by atoms with van der Waals surface area (Å²) in [7, 11) is 0. The highest BCUT2D eigenvalue weighted by molar-refractivity contribution is 7.22. The van der Waals surface area contributed by atoms with Crippen molar-refractivity contribution in [2.75, 3.05) is 23.3 Å². The number of fused-ring (bicyclic) bond motifs is 1. The van der Waals surface area contributed by atoms with Crippen LogP contribution < -0.4 is 21.6 Å². The van der Waals surface area contributed by atoms with Crippen LogP contribution in [0.15, 0.2) is 30.5 Å². The quantitative estimate of drug-likeness (QED) is 0.193. The van der Waals surface area contributed by atoms with Crippen molar-refractivity contribution in [3.63, 3.8) is 0 Å². The summed E-state index contributed by atoms with van der Waals surface area (Å²) in [5.74, 6) is 5.59. The molecule has 0 atom stereocenters. The molecule has 1 saturated heterocycles. The molecule has 4 rings (SSSR count). The highest BCUT2D eigenvalue weighted by Crippen LogP contribution is 2.30. The molecule has 1 amide bonds. The van der Waals surface area contributed by atoms with Crippen LogP contribution in [0.1, 0.15) is 50.7 Å². The molecule has 1 fully saturated rings. The van der Waals surface area contributed by atoms with E-state index < -0.39 is 0 Å². The number of piperidine rings is 1. The number of hydrogen-bond donors (Lipinski definition) is 4. The molecule has 0 bridgehead atoms. The first-order valence-corrected chi connectivity index (χ1v) is 11.4. The molecule has 170 valence electrons. The minimum absolute atomic E-state index is 0. The van der Waals surface area contributed by atoms with Gasteiger partial charge in [-0.2, -0.15) is 5.53 Å². The van der Waals surface area contributed by atoms with E-state index in [0.29, 0.717) is 17.2 Å². The molecule has 3 aromatic rings. The van der Waals surface area contributed by atoms with E-state index in [9.17, 15) is 4.79 Å². The third-order valence-corrected chi connectivity index (χ3v) is 6.33. The van der Waals surface area contributed by atoms with E-state index in [1.807, 2.05) is 13.8 Å². The predicted octanol–water partition coefficient (Wildman–Crippen LogP) is 2.99. The number of nitrogens with two attached hydrogens (primary N) is 1. The van der Waals surface area contributed by atoms with Gasteiger partial charge in [0.15, 0.2) is 11.0 Å². The van der Waals surface area contributed by atoms with Crippen LogP contribution in [0.3, 0.4) is 0 Å². The van der Waals surface area contributed by atoms with Gasteiger partial charge in [0.25, 0.3) is 5.91 Å². The number of carbonyl (C=O) groups excluding carboxylic acids is 1. The normalized spacial score (nSPS) is 14.1. The first-order valence-electron chi connectivity index (χ1n) is 10.6. The first-order chi connectivity index (χ1) is 15.5. The number of thiazole rings is 1. The van der Waals surface area contributed by atoms with Crippen LogP contribution in [0.4, 0.5) is 10.9 Å². The van der Waals surface area contributed by atoms with Crippen LogP contribution in [-0.4, -0.2) is 50.8 Å². The predicted molar refractivity (Wildman–Crippen MR) is 129 cm³/mol. The van der Waals surface area contributed by atoms with Gasteiger partial charge in [-0.3, -0.25) is 21.1 Å². The van der Waals surface area contributed by atoms with E-state index in [1.54, 1.807) is 41.8 Å². The van der Waals surface area contributed by atoms with Crippen molar-refractivity contribution < 1.29 is 6.22 Å². The average Bonchev–Trinajstić information content (AvgIpc) is 3.23. The summed E-state index contributed by atoms with van der Waals surface area (Å²) in [6, 6.07) is 6.81. The average molecular weight is 456 g/mol. The second-order valence-electron chi connectivity index (χ2n) is 7.89. The maximum atomic E-state index is 12.8. The van der Waals surface area contributed by atoms with E-state index >= 15 is 0 Å². The number of rotatable bonds is 6. The van der Waals surface area contributed by atoms with E-state index in [0.717, 1.165) is 28.4 Å². The van der Waals surface area contributed by atoms with Crippen molar-refractivity contribution in [3.8, 4) is 0 Å². The molecule has 0 aromatic carbocycles. The topological polar surface area (TPSA) is 136 Å². The number of carbonyl (C=O) groups is 1. The molecular formula is C21H29N9OS. The van der Waals surface area contributed by atoms with E-state index in [-0.39, 0.29) is 19.2 Å². The van der Waals surface area contributed by atoms with Crippen LogP contribution in [0.5, 0.6) is 0 Å². The van der Waals surface area contributed by atoms with Gasteiger partial charge in [0.05, 0.1) is 10.9 Å². The maximum absolute atomic E-state index is 12.8. The van der Waals surface area contributed by atoms with Gasteiger partial charge in [0.1, 0.15) is 22.7 Å². The van der Waals surface area contributed by atoms with E-state index in [1.165, 1.54) is 24.3 Å². The Balaban J connectivity index is 0.00000306. The van der Waals surface area contributed by atoms with Crippen molar-refractivity contribution >= 4 is 44.2 Å². The molecule has 0 unspecified atom stereocenters. The maximum Gasteiger partial charge on any atom is 0.275 e. The monoisotopic (exact) mass is 455 g/mol. The van der Waals surface area contributed by atoms with E-state index in [2.05, 4.69) is 30.7 Å². The number of amides is 1. The molecule has 4 heterocycles. The van der Waals surface area contributed by atoms with Crippen molar-refractivity contribution in [1.82, 2.24) is 25.5 Å². The fourth-order valence-electron chi connectivity index (χ4n) is 3.58. The van der Waals surface area contributed by atoms with E-state index in [4.69, 9.17) is 11.3 Å². The zero-order chi connectivity index (χ0) is 22.7. The van der Waals surface area contributed by atoms with Crippen molar-refractivity contribution in [3.05, 3.63) is 41.9 Å². The lowest BCUT2D eigenvalue weighted by Crippen LogP contribution is -2.51. The molecule has 32 heavy (non-hydrogen) atoms. The molecule has 3 aromatic heterocycles. The Kier molecular flexibility index (Phi) is 6.58. The lowest BCUT2D eigenvalue weighted by atomic mass is 10.1. The minimum atomic E-state index is -0.367. The molecule has 0 spiro atoms. The fourth-order valence-corrected chi connectivity index (χ4v) is 4.60. The second-order valence-corrected chi connectivity index (χ2v) is 8.89. The SMILES string of the molecule is CC(C)N(NN)C(=N)c1cccc(NC(=O)c2cc3sc(N4CCCCC4)nc3cn2)n1.[HH]. The van der Waals surface area contributed by atoms with Gasteiger partial charge in [-0.1, -0.05) is 17.4 Å². The number of amidine groups is 1. The Labute approximate surface area is 191 Å². The molecule has 0 radical (unpaired) electrons. The molecule has 5 N–H and O–H groups in total. The molecule has 1 aliphatic heterocycles. The summed E-state index contributed by atoms with van der Waals surface area (Å²) in [6.07, 6.45) is 5.27. The van der Waals surface area contributed by atoms with Crippen LogP contribution in [0.25, 0.3) is 10.2 Å². The Bertz CT molecular complexity index is 1130. The highest BCUT2D eigenvalue weighted by atomic mass is 32.1. The smallest absolute Gasteiger partial charge is 0.275 e. The molecule has 0 aliphatic carbocycles. The summed E-state index contributed by atoms with van der Waals surface area (Å²) in [6.45, 7) is 5.84. The lowest BCUT2D eigenvalue weighted by Gasteiger charge is -2.26. The standard InChI is InChI=1S/C21H27N9OS.H2/c1-13(2)30(28-23)19(22)14-7-6-8-18(25-14)27-20(31)15-11-17-16(12-24-15)26-21(32-17)29-9-4-3-5-10-29;/h6-8,11-13,22,28H,3-5,9-10,23H2,1-2H3,(H,25,27,31);1H. The zero-order valence-electron chi connectivity index (χ0n) is 18.1. The fraction of sp³-hybridized carbons (Fsp3) is 0.381. The number of nitrogens with zero attached hydrogens (tertiary/aromatic N) is 5. The summed E-state index contributed by atoms with van der Waals surface area (Å²) in [4.78, 5) is 28.5. The number of nitrogens with one attached hydrogen (secondary N) is 3. The van der Waals surface area contributed by atoms with Crippen molar-refractivity contribution in [2.24, 2.45) is 5.84 Å². The Morgan fingerprint density at radius 2 is 2.03 bits per heavy atom. The Morgan fingerprint density at radius 1 is 1.25 bits per heavy atom. The zero-order valence-corrected chi connectivity index (χ0v) is 18.9. The first kappa shape index (κ1) is 22.1. The minimum Gasteiger partial charge on any atom is -0.348 e. The third kappa shape index (κ3) is 4.69. The summed E-state index contributed by atoms with van der Waals surface area (Å²) < 4.78 is 0.927. The summed E-state index contributed by atoms with van der Waals surface area (Å²) in [5, 5.41) is 13.6. The van der Waals surface area contributed by atoms with Gasteiger partial charge in [-0.15, -0.1) is 0 Å². The van der Waals surface area contributed by atoms with Crippen molar-refractivity contribution in [1.29, 1.82) is 5.41 Å². The van der Waals surface area contributed by atoms with Gasteiger partial charge in [0.2, 0.25) is 0 Å². The third-order valence-electron chi connectivity index (χ3n) is 5.25. The lowest BCUT2D eigenvalue weighted by molar-refractivity contribution is 0.102. The molecule has 11 heteroatoms. The Hall–Kier alpha value is -3.15. The molecule has 1 aliphatic rings. The molecular weight excluding hydrogens is 426 g/mol. The summed E-state index contributed by atoms with van der Waals surface area (Å²) in [5.41, 5.74) is 3.96. The number of hydrazine groups is 2. The van der Waals surface area contributed by atoms with Gasteiger partial charge in [0, 0.05) is 20.6 Å².